The summed E-state index contributed by atoms with van der Waals surface area (Å²) in [5.74, 6) is 0.0518. The highest BCUT2D eigenvalue weighted by Crippen LogP contribution is 2.42. The second-order valence-corrected chi connectivity index (χ2v) is 10.3. The molecule has 1 saturated heterocycles. The molecule has 9 nitrogen and oxygen atoms in total. The molecular formula is C32H38N2O7. The first-order valence-electron chi connectivity index (χ1n) is 13.6. The van der Waals surface area contributed by atoms with Crippen molar-refractivity contribution in [3.05, 3.63) is 108 Å². The number of nitrogens with one attached hydrogen (secondary N) is 1. The molecule has 0 bridgehead atoms. The van der Waals surface area contributed by atoms with Crippen molar-refractivity contribution >= 4 is 11.8 Å². The summed E-state index contributed by atoms with van der Waals surface area (Å²) in [5, 5.41) is 32.8. The van der Waals surface area contributed by atoms with Gasteiger partial charge in [0.25, 0.3) is 0 Å². The van der Waals surface area contributed by atoms with Crippen LogP contribution in [0.3, 0.4) is 0 Å². The molecule has 0 aromatic heterocycles. The Labute approximate surface area is 240 Å². The third-order valence-corrected chi connectivity index (χ3v) is 7.09. The summed E-state index contributed by atoms with van der Waals surface area (Å²) in [7, 11) is 1.91. The fourth-order valence-electron chi connectivity index (χ4n) is 4.89. The van der Waals surface area contributed by atoms with Crippen LogP contribution < -0.4 is 5.32 Å². The number of amides is 1. The quantitative estimate of drug-likeness (QED) is 0.239. The smallest absolute Gasteiger partial charge is 0.411 e. The molecule has 218 valence electrons. The van der Waals surface area contributed by atoms with E-state index in [9.17, 15) is 20.1 Å². The number of carbonyl (C=O) groups is 1. The van der Waals surface area contributed by atoms with Crippen LogP contribution in [0.4, 0.5) is 10.5 Å². The summed E-state index contributed by atoms with van der Waals surface area (Å²) in [5.41, 5.74) is 3.66. The lowest BCUT2D eigenvalue weighted by molar-refractivity contribution is -0.276. The van der Waals surface area contributed by atoms with Crippen molar-refractivity contribution in [2.45, 2.75) is 38.1 Å². The first-order valence-corrected chi connectivity index (χ1v) is 13.6. The Kier molecular flexibility index (Phi) is 10.5. The number of benzene rings is 3. The van der Waals surface area contributed by atoms with Crippen LogP contribution in [0.5, 0.6) is 5.75 Å². The number of hydrogen-bond donors (Lipinski definition) is 4. The zero-order valence-electron chi connectivity index (χ0n) is 23.3. The Morgan fingerprint density at radius 3 is 2.56 bits per heavy atom. The van der Waals surface area contributed by atoms with E-state index < -0.39 is 18.5 Å². The molecule has 0 spiro atoms. The molecule has 1 aliphatic rings. The van der Waals surface area contributed by atoms with E-state index in [0.29, 0.717) is 24.3 Å². The molecule has 1 heterocycles. The van der Waals surface area contributed by atoms with Crippen molar-refractivity contribution in [1.29, 1.82) is 0 Å². The van der Waals surface area contributed by atoms with Gasteiger partial charge in [0.15, 0.2) is 6.29 Å². The minimum atomic E-state index is -0.788. The number of aromatic hydroxyl groups is 1. The minimum absolute atomic E-state index is 0.0446. The van der Waals surface area contributed by atoms with Crippen LogP contribution in [-0.4, -0.2) is 59.2 Å². The molecule has 0 aliphatic carbocycles. The lowest BCUT2D eigenvalue weighted by Gasteiger charge is -2.42. The number of hydrogen-bond acceptors (Lipinski definition) is 8. The van der Waals surface area contributed by atoms with Gasteiger partial charge in [-0.2, -0.15) is 0 Å². The van der Waals surface area contributed by atoms with Crippen molar-refractivity contribution in [1.82, 2.24) is 4.90 Å². The zero-order valence-corrected chi connectivity index (χ0v) is 23.3. The van der Waals surface area contributed by atoms with Crippen LogP contribution in [0.25, 0.3) is 0 Å². The fraction of sp³-hybridized carbons (Fsp3) is 0.344. The van der Waals surface area contributed by atoms with E-state index in [-0.39, 0.29) is 37.1 Å². The Hall–Kier alpha value is -3.73. The van der Waals surface area contributed by atoms with Crippen LogP contribution in [0.2, 0.25) is 0 Å². The Morgan fingerprint density at radius 2 is 1.85 bits per heavy atom. The van der Waals surface area contributed by atoms with Crippen molar-refractivity contribution in [2.75, 3.05) is 32.1 Å². The topological polar surface area (TPSA) is 121 Å². The van der Waals surface area contributed by atoms with Gasteiger partial charge < -0.3 is 34.4 Å². The highest BCUT2D eigenvalue weighted by atomic mass is 16.7. The van der Waals surface area contributed by atoms with Gasteiger partial charge in [-0.05, 0) is 48.0 Å². The lowest BCUT2D eigenvalue weighted by atomic mass is 9.90. The fourth-order valence-corrected chi connectivity index (χ4v) is 4.89. The van der Waals surface area contributed by atoms with Crippen molar-refractivity contribution < 1.29 is 34.3 Å². The SMILES string of the molecule is C=CCOC(=O)Nc1cccc(C2OC(CN(C)CC(O)c3cccc(O)c3)C(C)C(c3ccc(CO)cc3)O2)c1. The van der Waals surface area contributed by atoms with Gasteiger partial charge in [0.2, 0.25) is 0 Å². The number of aliphatic hydroxyl groups is 2. The van der Waals surface area contributed by atoms with Gasteiger partial charge in [0.05, 0.1) is 24.9 Å². The van der Waals surface area contributed by atoms with Gasteiger partial charge >= 0.3 is 6.09 Å². The van der Waals surface area contributed by atoms with E-state index in [1.807, 2.05) is 42.3 Å². The molecular weight excluding hydrogens is 524 g/mol. The van der Waals surface area contributed by atoms with Crippen LogP contribution >= 0.6 is 0 Å². The number of rotatable bonds is 11. The van der Waals surface area contributed by atoms with E-state index in [0.717, 1.165) is 16.7 Å². The molecule has 41 heavy (non-hydrogen) atoms. The molecule has 4 rings (SSSR count). The molecule has 9 heteroatoms. The first-order chi connectivity index (χ1) is 19.8. The number of phenolic OH excluding ortho intramolecular Hbond substituents is 1. The van der Waals surface area contributed by atoms with E-state index in [4.69, 9.17) is 14.2 Å². The summed E-state index contributed by atoms with van der Waals surface area (Å²) >= 11 is 0. The predicted molar refractivity (Wildman–Crippen MR) is 155 cm³/mol. The maximum absolute atomic E-state index is 12.1. The number of aliphatic hydroxyl groups excluding tert-OH is 2. The number of ether oxygens (including phenoxy) is 3. The summed E-state index contributed by atoms with van der Waals surface area (Å²) < 4.78 is 18.0. The number of carbonyl (C=O) groups excluding carboxylic acids is 1. The minimum Gasteiger partial charge on any atom is -0.508 e. The number of nitrogens with zero attached hydrogens (tertiary/aromatic N) is 1. The molecule has 0 radical (unpaired) electrons. The summed E-state index contributed by atoms with van der Waals surface area (Å²) in [6.45, 7) is 6.52. The van der Waals surface area contributed by atoms with E-state index in [2.05, 4.69) is 18.8 Å². The monoisotopic (exact) mass is 562 g/mol. The molecule has 3 aromatic carbocycles. The highest BCUT2D eigenvalue weighted by Gasteiger charge is 2.39. The Bertz CT molecular complexity index is 1300. The van der Waals surface area contributed by atoms with Gasteiger partial charge in [0.1, 0.15) is 12.4 Å². The lowest BCUT2D eigenvalue weighted by Crippen LogP contribution is -2.44. The molecule has 5 atom stereocenters. The van der Waals surface area contributed by atoms with E-state index >= 15 is 0 Å². The van der Waals surface area contributed by atoms with Crippen LogP contribution in [0, 0.1) is 5.92 Å². The van der Waals surface area contributed by atoms with Crippen molar-refractivity contribution in [3.8, 4) is 5.75 Å². The standard InChI is InChI=1S/C32H38N2O7/c1-4-15-39-32(38)33-26-9-5-8-25(16-26)31-40-29(19-34(3)18-28(37)24-7-6-10-27(36)17-24)21(2)30(41-31)23-13-11-22(20-35)12-14-23/h4-14,16-17,21,28-31,35-37H,1,15,18-20H2,2-3H3,(H,33,38). The summed E-state index contributed by atoms with van der Waals surface area (Å²) in [4.78, 5) is 14.1. The van der Waals surface area contributed by atoms with Gasteiger partial charge in [0, 0.05) is 30.3 Å². The van der Waals surface area contributed by atoms with Gasteiger partial charge in [-0.15, -0.1) is 0 Å². The predicted octanol–water partition coefficient (Wildman–Crippen LogP) is 5.08. The summed E-state index contributed by atoms with van der Waals surface area (Å²) in [6, 6.07) is 21.5. The second kappa shape index (κ2) is 14.2. The third-order valence-electron chi connectivity index (χ3n) is 7.09. The molecule has 0 saturated carbocycles. The second-order valence-electron chi connectivity index (χ2n) is 10.3. The van der Waals surface area contributed by atoms with E-state index in [1.54, 1.807) is 42.5 Å². The van der Waals surface area contributed by atoms with Crippen LogP contribution in [-0.2, 0) is 20.8 Å². The zero-order chi connectivity index (χ0) is 29.4. The molecule has 4 N–H and O–H groups in total. The number of likely N-dealkylation sites (N-methyl/N-ethyl adjacent to an activating group) is 1. The number of anilines is 1. The van der Waals surface area contributed by atoms with E-state index in [1.165, 1.54) is 6.08 Å². The van der Waals surface area contributed by atoms with Gasteiger partial charge in [-0.25, -0.2) is 4.79 Å². The van der Waals surface area contributed by atoms with Crippen molar-refractivity contribution in [2.24, 2.45) is 5.92 Å². The Morgan fingerprint density at radius 1 is 1.10 bits per heavy atom. The Balaban J connectivity index is 1.54. The molecule has 1 aliphatic heterocycles. The maximum Gasteiger partial charge on any atom is 0.411 e. The van der Waals surface area contributed by atoms with Crippen LogP contribution in [0.15, 0.2) is 85.5 Å². The maximum atomic E-state index is 12.1. The van der Waals surface area contributed by atoms with Crippen LogP contribution in [0.1, 0.15) is 47.7 Å². The molecule has 1 fully saturated rings. The van der Waals surface area contributed by atoms with Gasteiger partial charge in [-0.1, -0.05) is 68.1 Å². The average Bonchev–Trinajstić information content (AvgIpc) is 2.97. The molecule has 5 unspecified atom stereocenters. The largest absolute Gasteiger partial charge is 0.508 e. The number of phenols is 1. The average molecular weight is 563 g/mol. The molecule has 1 amide bonds. The normalized spacial score (nSPS) is 21.3. The van der Waals surface area contributed by atoms with Crippen molar-refractivity contribution in [3.63, 3.8) is 0 Å². The van der Waals surface area contributed by atoms with Gasteiger partial charge in [-0.3, -0.25) is 5.32 Å². The first kappa shape index (κ1) is 30.2. The molecule has 3 aromatic rings. The highest BCUT2D eigenvalue weighted by molar-refractivity contribution is 5.84. The summed E-state index contributed by atoms with van der Waals surface area (Å²) in [6.07, 6.45) is -1.20. The third kappa shape index (κ3) is 8.16.